The zero-order valence-corrected chi connectivity index (χ0v) is 18.1. The van der Waals surface area contributed by atoms with E-state index < -0.39 is 11.8 Å². The molecule has 0 fully saturated rings. The zero-order valence-electron chi connectivity index (χ0n) is 16.5. The van der Waals surface area contributed by atoms with Gasteiger partial charge in [0.25, 0.3) is 0 Å². The maximum absolute atomic E-state index is 12.9. The Balaban J connectivity index is 1.47. The molecule has 0 saturated carbocycles. The molecular formula is C19H18FN5O4S2. The highest BCUT2D eigenvalue weighted by Gasteiger charge is 2.12. The van der Waals surface area contributed by atoms with Crippen LogP contribution in [0, 0.1) is 5.82 Å². The minimum absolute atomic E-state index is 0.102. The first kappa shape index (κ1) is 22.3. The van der Waals surface area contributed by atoms with Crippen LogP contribution < -0.4 is 25.4 Å². The van der Waals surface area contributed by atoms with E-state index in [4.69, 9.17) is 9.47 Å². The predicted molar refractivity (Wildman–Crippen MR) is 118 cm³/mol. The van der Waals surface area contributed by atoms with E-state index in [-0.39, 0.29) is 16.8 Å². The van der Waals surface area contributed by atoms with Crippen molar-refractivity contribution in [1.82, 2.24) is 10.2 Å². The summed E-state index contributed by atoms with van der Waals surface area (Å²) >= 11 is 2.31. The monoisotopic (exact) mass is 463 g/mol. The van der Waals surface area contributed by atoms with E-state index in [2.05, 4.69) is 26.1 Å². The van der Waals surface area contributed by atoms with E-state index in [1.165, 1.54) is 50.2 Å². The number of halogens is 1. The fraction of sp³-hybridized carbons (Fsp3) is 0.158. The third-order valence-electron chi connectivity index (χ3n) is 3.72. The van der Waals surface area contributed by atoms with Gasteiger partial charge in [-0.05, 0) is 36.4 Å². The predicted octanol–water partition coefficient (Wildman–Crippen LogP) is 4.07. The van der Waals surface area contributed by atoms with Gasteiger partial charge >= 0.3 is 6.03 Å². The first-order chi connectivity index (χ1) is 15.0. The molecule has 12 heteroatoms. The SMILES string of the molecule is COc1ccc(NC(=O)CSc2nnc(NC(=O)Nc3ccc(F)cc3)s2)cc1OC. The fourth-order valence-electron chi connectivity index (χ4n) is 2.35. The highest BCUT2D eigenvalue weighted by atomic mass is 32.2. The molecule has 1 aromatic heterocycles. The average Bonchev–Trinajstić information content (AvgIpc) is 3.21. The Labute approximate surface area is 185 Å². The quantitative estimate of drug-likeness (QED) is 0.341. The van der Waals surface area contributed by atoms with Crippen LogP contribution in [-0.2, 0) is 4.79 Å². The standard InChI is InChI=1S/C19H18FN5O4S2/c1-28-14-8-7-13(9-15(14)29-2)21-16(26)10-30-19-25-24-18(31-19)23-17(27)22-12-5-3-11(20)4-6-12/h3-9H,10H2,1-2H3,(H,21,26)(H2,22,23,24,27). The largest absolute Gasteiger partial charge is 0.493 e. The van der Waals surface area contributed by atoms with Crippen molar-refractivity contribution in [1.29, 1.82) is 0 Å². The van der Waals surface area contributed by atoms with Crippen molar-refractivity contribution in [3.05, 3.63) is 48.3 Å². The number of thioether (sulfide) groups is 1. The van der Waals surface area contributed by atoms with Gasteiger partial charge in [-0.1, -0.05) is 23.1 Å². The molecule has 0 aliphatic rings. The van der Waals surface area contributed by atoms with E-state index in [1.54, 1.807) is 18.2 Å². The Morgan fingerprint density at radius 1 is 0.968 bits per heavy atom. The Morgan fingerprint density at radius 3 is 2.39 bits per heavy atom. The smallest absolute Gasteiger partial charge is 0.325 e. The molecule has 3 amide bonds. The number of ether oxygens (including phenoxy) is 2. The molecule has 1 heterocycles. The van der Waals surface area contributed by atoms with Gasteiger partial charge in [-0.15, -0.1) is 10.2 Å². The van der Waals surface area contributed by atoms with Crippen LogP contribution >= 0.6 is 23.1 Å². The average molecular weight is 464 g/mol. The van der Waals surface area contributed by atoms with Gasteiger partial charge in [0.2, 0.25) is 11.0 Å². The summed E-state index contributed by atoms with van der Waals surface area (Å²) in [7, 11) is 3.05. The molecule has 0 aliphatic heterocycles. The van der Waals surface area contributed by atoms with Crippen LogP contribution in [-0.4, -0.2) is 42.1 Å². The number of methoxy groups -OCH3 is 2. The van der Waals surface area contributed by atoms with Gasteiger partial charge in [0, 0.05) is 17.4 Å². The number of anilines is 3. The van der Waals surface area contributed by atoms with E-state index in [1.807, 2.05) is 0 Å². The normalized spacial score (nSPS) is 10.3. The highest BCUT2D eigenvalue weighted by molar-refractivity contribution is 8.01. The van der Waals surface area contributed by atoms with Crippen LogP contribution in [0.15, 0.2) is 46.8 Å². The molecule has 2 aromatic carbocycles. The minimum atomic E-state index is -0.537. The van der Waals surface area contributed by atoms with Crippen LogP contribution in [0.2, 0.25) is 0 Å². The molecule has 0 atom stereocenters. The van der Waals surface area contributed by atoms with Gasteiger partial charge in [0.15, 0.2) is 15.8 Å². The third kappa shape index (κ3) is 6.55. The number of hydrogen-bond acceptors (Lipinski definition) is 8. The summed E-state index contributed by atoms with van der Waals surface area (Å²) in [5.74, 6) is 0.534. The van der Waals surface area contributed by atoms with E-state index in [9.17, 15) is 14.0 Å². The summed E-state index contributed by atoms with van der Waals surface area (Å²) in [6.45, 7) is 0. The summed E-state index contributed by atoms with van der Waals surface area (Å²) in [6, 6.07) is 9.88. The van der Waals surface area contributed by atoms with Crippen LogP contribution in [0.3, 0.4) is 0 Å². The minimum Gasteiger partial charge on any atom is -0.493 e. The van der Waals surface area contributed by atoms with Gasteiger partial charge < -0.3 is 20.1 Å². The number of benzene rings is 2. The lowest BCUT2D eigenvalue weighted by molar-refractivity contribution is -0.113. The molecule has 0 spiro atoms. The Morgan fingerprint density at radius 2 is 1.68 bits per heavy atom. The summed E-state index contributed by atoms with van der Waals surface area (Å²) < 4.78 is 23.8. The van der Waals surface area contributed by atoms with Crippen LogP contribution in [0.1, 0.15) is 0 Å². The van der Waals surface area contributed by atoms with Crippen molar-refractivity contribution in [2.45, 2.75) is 4.34 Å². The maximum atomic E-state index is 12.9. The molecule has 3 rings (SSSR count). The molecule has 9 nitrogen and oxygen atoms in total. The molecule has 0 radical (unpaired) electrons. The number of nitrogens with zero attached hydrogens (tertiary/aromatic N) is 2. The van der Waals surface area contributed by atoms with Crippen LogP contribution in [0.5, 0.6) is 11.5 Å². The first-order valence-corrected chi connectivity index (χ1v) is 10.6. The second-order valence-corrected chi connectivity index (χ2v) is 8.07. The molecule has 0 bridgehead atoms. The molecule has 0 unspecified atom stereocenters. The number of urea groups is 1. The molecule has 0 saturated heterocycles. The van der Waals surface area contributed by atoms with E-state index in [0.29, 0.717) is 27.2 Å². The van der Waals surface area contributed by atoms with Crippen LogP contribution in [0.4, 0.5) is 25.7 Å². The second kappa shape index (κ2) is 10.6. The Kier molecular flexibility index (Phi) is 7.62. The van der Waals surface area contributed by atoms with Crippen molar-refractivity contribution < 1.29 is 23.5 Å². The van der Waals surface area contributed by atoms with Crippen molar-refractivity contribution in [2.75, 3.05) is 35.9 Å². The lowest BCUT2D eigenvalue weighted by atomic mass is 10.2. The highest BCUT2D eigenvalue weighted by Crippen LogP contribution is 2.30. The Bertz CT molecular complexity index is 1060. The van der Waals surface area contributed by atoms with Crippen LogP contribution in [0.25, 0.3) is 0 Å². The number of carbonyl (C=O) groups excluding carboxylic acids is 2. The number of aromatic nitrogens is 2. The van der Waals surface area contributed by atoms with Crippen molar-refractivity contribution in [2.24, 2.45) is 0 Å². The van der Waals surface area contributed by atoms with Crippen molar-refractivity contribution in [3.63, 3.8) is 0 Å². The molecule has 31 heavy (non-hydrogen) atoms. The van der Waals surface area contributed by atoms with Gasteiger partial charge in [-0.25, -0.2) is 9.18 Å². The fourth-order valence-corrected chi connectivity index (χ4v) is 3.90. The Hall–Kier alpha value is -3.38. The van der Waals surface area contributed by atoms with Crippen molar-refractivity contribution in [3.8, 4) is 11.5 Å². The van der Waals surface area contributed by atoms with Gasteiger partial charge in [-0.2, -0.15) is 0 Å². The first-order valence-electron chi connectivity index (χ1n) is 8.78. The van der Waals surface area contributed by atoms with Crippen molar-refractivity contribution >= 4 is 51.5 Å². The molecule has 3 N–H and O–H groups in total. The molecular weight excluding hydrogens is 445 g/mol. The molecule has 3 aromatic rings. The number of carbonyl (C=O) groups is 2. The lowest BCUT2D eigenvalue weighted by Crippen LogP contribution is -2.19. The second-order valence-electron chi connectivity index (χ2n) is 5.87. The topological polar surface area (TPSA) is 114 Å². The maximum Gasteiger partial charge on any atom is 0.325 e. The number of rotatable bonds is 8. The van der Waals surface area contributed by atoms with Gasteiger partial charge in [0.05, 0.1) is 20.0 Å². The molecule has 162 valence electrons. The third-order valence-corrected chi connectivity index (χ3v) is 5.70. The number of amides is 3. The molecule has 0 aliphatic carbocycles. The van der Waals surface area contributed by atoms with Gasteiger partial charge in [-0.3, -0.25) is 10.1 Å². The zero-order chi connectivity index (χ0) is 22.2. The number of hydrogen-bond donors (Lipinski definition) is 3. The lowest BCUT2D eigenvalue weighted by Gasteiger charge is -2.10. The van der Waals surface area contributed by atoms with E-state index in [0.717, 1.165) is 11.3 Å². The summed E-state index contributed by atoms with van der Waals surface area (Å²) in [5.41, 5.74) is 1.00. The van der Waals surface area contributed by atoms with Gasteiger partial charge in [0.1, 0.15) is 5.82 Å². The summed E-state index contributed by atoms with van der Waals surface area (Å²) in [5, 5.41) is 15.9. The number of nitrogens with one attached hydrogen (secondary N) is 3. The summed E-state index contributed by atoms with van der Waals surface area (Å²) in [6.07, 6.45) is 0. The van der Waals surface area contributed by atoms with E-state index >= 15 is 0 Å². The summed E-state index contributed by atoms with van der Waals surface area (Å²) in [4.78, 5) is 24.2.